The van der Waals surface area contributed by atoms with Crippen LogP contribution in [0.2, 0.25) is 0 Å². The molecule has 1 rings (SSSR count). The van der Waals surface area contributed by atoms with Crippen molar-refractivity contribution < 1.29 is 9.59 Å². The minimum absolute atomic E-state index is 0.109. The lowest BCUT2D eigenvalue weighted by Gasteiger charge is -2.22. The van der Waals surface area contributed by atoms with E-state index in [0.717, 1.165) is 25.2 Å². The van der Waals surface area contributed by atoms with Crippen molar-refractivity contribution in [2.45, 2.75) is 47.1 Å². The van der Waals surface area contributed by atoms with Crippen molar-refractivity contribution in [3.63, 3.8) is 0 Å². The molecule has 0 spiro atoms. The number of rotatable bonds is 10. The Kier molecular flexibility index (Phi) is 9.21. The molecule has 0 radical (unpaired) electrons. The summed E-state index contributed by atoms with van der Waals surface area (Å²) in [5.74, 6) is 0.0149. The van der Waals surface area contributed by atoms with Crippen molar-refractivity contribution in [2.24, 2.45) is 5.92 Å². The zero-order chi connectivity index (χ0) is 18.8. The second-order valence-corrected chi connectivity index (χ2v) is 6.79. The minimum atomic E-state index is -0.510. The summed E-state index contributed by atoms with van der Waals surface area (Å²) in [6.45, 7) is 13.6. The molecule has 0 aliphatic rings. The van der Waals surface area contributed by atoms with E-state index in [4.69, 9.17) is 0 Å². The largest absolute Gasteiger partial charge is 0.353 e. The van der Waals surface area contributed by atoms with Gasteiger partial charge in [-0.05, 0) is 44.0 Å². The summed E-state index contributed by atoms with van der Waals surface area (Å²) in [5, 5.41) is 5.87. The third-order valence-corrected chi connectivity index (χ3v) is 4.34. The normalized spacial score (nSPS) is 12.3. The maximum Gasteiger partial charge on any atom is 0.252 e. The van der Waals surface area contributed by atoms with Crippen molar-refractivity contribution in [3.05, 3.63) is 35.4 Å². The predicted molar refractivity (Wildman–Crippen MR) is 103 cm³/mol. The van der Waals surface area contributed by atoms with Crippen LogP contribution in [0.4, 0.5) is 0 Å². The zero-order valence-corrected chi connectivity index (χ0v) is 16.3. The predicted octanol–water partition coefficient (Wildman–Crippen LogP) is 2.60. The lowest BCUT2D eigenvalue weighted by molar-refractivity contribution is -0.123. The Morgan fingerprint density at radius 1 is 1.12 bits per heavy atom. The average Bonchev–Trinajstić information content (AvgIpc) is 2.57. The van der Waals surface area contributed by atoms with Crippen molar-refractivity contribution in [3.8, 4) is 0 Å². The highest BCUT2D eigenvalue weighted by molar-refractivity contribution is 5.98. The average molecular weight is 348 g/mol. The molecule has 0 saturated carbocycles. The molecular weight excluding hydrogens is 314 g/mol. The summed E-state index contributed by atoms with van der Waals surface area (Å²) in [7, 11) is 0. The number of aryl methyl sites for hydroxylation is 1. The van der Waals surface area contributed by atoms with Gasteiger partial charge in [-0.25, -0.2) is 0 Å². The molecule has 2 amide bonds. The number of amides is 2. The Balaban J connectivity index is 2.68. The van der Waals surface area contributed by atoms with Gasteiger partial charge in [0.15, 0.2) is 0 Å². The van der Waals surface area contributed by atoms with E-state index in [0.29, 0.717) is 24.4 Å². The number of carbonyl (C=O) groups is 2. The lowest BCUT2D eigenvalue weighted by atomic mass is 10.0. The van der Waals surface area contributed by atoms with Crippen LogP contribution in [0.1, 0.15) is 50.0 Å². The fourth-order valence-electron chi connectivity index (χ4n) is 2.77. The first-order valence-electron chi connectivity index (χ1n) is 9.25. The van der Waals surface area contributed by atoms with Gasteiger partial charge in [-0.15, -0.1) is 0 Å². The fraction of sp³-hybridized carbons (Fsp3) is 0.600. The van der Waals surface area contributed by atoms with E-state index in [9.17, 15) is 9.59 Å². The van der Waals surface area contributed by atoms with Gasteiger partial charge in [-0.3, -0.25) is 9.59 Å². The Morgan fingerprint density at radius 3 is 2.32 bits per heavy atom. The minimum Gasteiger partial charge on any atom is -0.353 e. The number of nitrogens with zero attached hydrogens (tertiary/aromatic N) is 1. The van der Waals surface area contributed by atoms with Crippen LogP contribution in [0.3, 0.4) is 0 Å². The topological polar surface area (TPSA) is 61.4 Å². The van der Waals surface area contributed by atoms with Crippen molar-refractivity contribution in [1.82, 2.24) is 15.5 Å². The lowest BCUT2D eigenvalue weighted by Crippen LogP contribution is -2.49. The van der Waals surface area contributed by atoms with Crippen LogP contribution in [-0.2, 0) is 4.79 Å². The van der Waals surface area contributed by atoms with Crippen LogP contribution in [0, 0.1) is 12.8 Å². The number of likely N-dealkylation sites (N-methyl/N-ethyl adjacent to an activating group) is 1. The molecule has 1 aromatic carbocycles. The first-order chi connectivity index (χ1) is 11.9. The molecule has 0 bridgehead atoms. The van der Waals surface area contributed by atoms with Crippen LogP contribution < -0.4 is 10.6 Å². The summed E-state index contributed by atoms with van der Waals surface area (Å²) in [6.07, 6.45) is 0.620. The summed E-state index contributed by atoms with van der Waals surface area (Å²) >= 11 is 0. The molecule has 0 heterocycles. The van der Waals surface area contributed by atoms with E-state index in [1.54, 1.807) is 6.07 Å². The summed E-state index contributed by atoms with van der Waals surface area (Å²) in [6, 6.07) is 6.91. The second-order valence-electron chi connectivity index (χ2n) is 6.79. The Bertz CT molecular complexity index is 554. The van der Waals surface area contributed by atoms with Crippen LogP contribution in [0.15, 0.2) is 24.3 Å². The van der Waals surface area contributed by atoms with E-state index in [1.165, 1.54) is 0 Å². The van der Waals surface area contributed by atoms with Crippen LogP contribution in [0.25, 0.3) is 0 Å². The van der Waals surface area contributed by atoms with Gasteiger partial charge in [0.25, 0.3) is 5.91 Å². The molecule has 0 unspecified atom stereocenters. The summed E-state index contributed by atoms with van der Waals surface area (Å²) < 4.78 is 0. The quantitative estimate of drug-likeness (QED) is 0.684. The van der Waals surface area contributed by atoms with Gasteiger partial charge in [-0.1, -0.05) is 45.9 Å². The van der Waals surface area contributed by atoms with Crippen LogP contribution in [-0.4, -0.2) is 48.9 Å². The van der Waals surface area contributed by atoms with E-state index in [-0.39, 0.29) is 11.8 Å². The molecule has 2 N–H and O–H groups in total. The third kappa shape index (κ3) is 7.26. The maximum atomic E-state index is 12.5. The zero-order valence-electron chi connectivity index (χ0n) is 16.3. The molecule has 0 fully saturated rings. The molecular formula is C20H33N3O2. The van der Waals surface area contributed by atoms with Gasteiger partial charge in [0.1, 0.15) is 6.04 Å². The Labute approximate surface area is 152 Å². The number of carbonyl (C=O) groups excluding carboxylic acids is 2. The van der Waals surface area contributed by atoms with Gasteiger partial charge in [0.05, 0.1) is 0 Å². The van der Waals surface area contributed by atoms with Crippen molar-refractivity contribution in [1.29, 1.82) is 0 Å². The number of nitrogens with one attached hydrogen (secondary N) is 2. The Hall–Kier alpha value is -1.88. The number of benzene rings is 1. The molecule has 1 aromatic rings. The number of hydrogen-bond donors (Lipinski definition) is 2. The molecule has 25 heavy (non-hydrogen) atoms. The number of hydrogen-bond acceptors (Lipinski definition) is 3. The summed E-state index contributed by atoms with van der Waals surface area (Å²) in [4.78, 5) is 27.3. The van der Waals surface area contributed by atoms with Gasteiger partial charge < -0.3 is 15.5 Å². The molecule has 0 aliphatic carbocycles. The SMILES string of the molecule is CCN(CC)CCNC(=O)[C@@H](CC(C)C)NC(=O)c1ccccc1C. The Morgan fingerprint density at radius 2 is 1.76 bits per heavy atom. The monoisotopic (exact) mass is 347 g/mol. The van der Waals surface area contributed by atoms with E-state index < -0.39 is 6.04 Å². The van der Waals surface area contributed by atoms with Gasteiger partial charge in [-0.2, -0.15) is 0 Å². The first-order valence-corrected chi connectivity index (χ1v) is 9.25. The molecule has 0 saturated heterocycles. The van der Waals surface area contributed by atoms with E-state index in [2.05, 4.69) is 43.2 Å². The highest BCUT2D eigenvalue weighted by atomic mass is 16.2. The van der Waals surface area contributed by atoms with Gasteiger partial charge in [0, 0.05) is 18.7 Å². The smallest absolute Gasteiger partial charge is 0.252 e. The summed E-state index contributed by atoms with van der Waals surface area (Å²) in [5.41, 5.74) is 1.53. The van der Waals surface area contributed by atoms with Crippen molar-refractivity contribution in [2.75, 3.05) is 26.2 Å². The fourth-order valence-corrected chi connectivity index (χ4v) is 2.77. The van der Waals surface area contributed by atoms with E-state index >= 15 is 0 Å². The molecule has 0 aliphatic heterocycles. The van der Waals surface area contributed by atoms with Gasteiger partial charge in [0.2, 0.25) is 5.91 Å². The first kappa shape index (κ1) is 21.2. The van der Waals surface area contributed by atoms with Crippen LogP contribution in [0.5, 0.6) is 0 Å². The third-order valence-electron chi connectivity index (χ3n) is 4.34. The molecule has 0 aromatic heterocycles. The van der Waals surface area contributed by atoms with Gasteiger partial charge >= 0.3 is 0 Å². The highest BCUT2D eigenvalue weighted by Gasteiger charge is 2.22. The molecule has 5 heteroatoms. The highest BCUT2D eigenvalue weighted by Crippen LogP contribution is 2.10. The molecule has 5 nitrogen and oxygen atoms in total. The van der Waals surface area contributed by atoms with Crippen molar-refractivity contribution >= 4 is 11.8 Å². The van der Waals surface area contributed by atoms with E-state index in [1.807, 2.05) is 25.1 Å². The second kappa shape index (κ2) is 10.9. The maximum absolute atomic E-state index is 12.5. The molecule has 1 atom stereocenters. The standard InChI is InChI=1S/C20H33N3O2/c1-6-23(7-2)13-12-21-20(25)18(14-15(3)4)22-19(24)17-11-9-8-10-16(17)5/h8-11,15,18H,6-7,12-14H2,1-5H3,(H,21,25)(H,22,24)/t18-/m1/s1. The van der Waals surface area contributed by atoms with Crippen LogP contribution >= 0.6 is 0 Å². The molecule has 140 valence electrons.